The van der Waals surface area contributed by atoms with E-state index < -0.39 is 17.8 Å². The van der Waals surface area contributed by atoms with Gasteiger partial charge in [-0.3, -0.25) is 9.59 Å². The van der Waals surface area contributed by atoms with Gasteiger partial charge in [0, 0.05) is 17.8 Å². The Kier molecular flexibility index (Phi) is 4.65. The summed E-state index contributed by atoms with van der Waals surface area (Å²) in [5.41, 5.74) is 0.671. The van der Waals surface area contributed by atoms with E-state index in [-0.39, 0.29) is 23.0 Å². The van der Waals surface area contributed by atoms with Gasteiger partial charge in [0.15, 0.2) is 11.6 Å². The molecule has 1 aliphatic rings. The number of halogens is 2. The van der Waals surface area contributed by atoms with E-state index in [1.165, 1.54) is 48.4 Å². The molecule has 2 amide bonds. The molecule has 5 nitrogen and oxygen atoms in total. The van der Waals surface area contributed by atoms with E-state index in [1.807, 2.05) is 0 Å². The molecule has 1 N–H and O–H groups in total. The first-order chi connectivity index (χ1) is 12.0. The lowest BCUT2D eigenvalue weighted by molar-refractivity contribution is -0.118. The minimum absolute atomic E-state index is 0.0379. The van der Waals surface area contributed by atoms with Gasteiger partial charge in [-0.25, -0.2) is 8.78 Å². The molecule has 2 aromatic carbocycles. The summed E-state index contributed by atoms with van der Waals surface area (Å²) in [6.07, 6.45) is 0.417. The molecular weight excluding hydrogens is 330 g/mol. The summed E-state index contributed by atoms with van der Waals surface area (Å²) >= 11 is 0. The van der Waals surface area contributed by atoms with Gasteiger partial charge in [0.2, 0.25) is 5.91 Å². The Morgan fingerprint density at radius 2 is 1.92 bits per heavy atom. The molecule has 3 rings (SSSR count). The molecule has 130 valence electrons. The van der Waals surface area contributed by atoms with Crippen LogP contribution >= 0.6 is 0 Å². The Morgan fingerprint density at radius 1 is 1.20 bits per heavy atom. The third-order valence-corrected chi connectivity index (χ3v) is 4.06. The molecular formula is C18H16F2N2O3. The topological polar surface area (TPSA) is 58.6 Å². The van der Waals surface area contributed by atoms with E-state index >= 15 is 0 Å². The van der Waals surface area contributed by atoms with Crippen LogP contribution in [0.5, 0.6) is 5.75 Å². The molecule has 0 saturated carbocycles. The van der Waals surface area contributed by atoms with E-state index in [2.05, 4.69) is 5.32 Å². The number of carbonyl (C=O) groups excluding carboxylic acids is 2. The number of nitrogens with one attached hydrogen (secondary N) is 1. The van der Waals surface area contributed by atoms with Crippen LogP contribution in [0.15, 0.2) is 42.5 Å². The highest BCUT2D eigenvalue weighted by molar-refractivity contribution is 6.03. The number of hydrogen-bond acceptors (Lipinski definition) is 3. The molecule has 1 atom stereocenters. The highest BCUT2D eigenvalue weighted by Crippen LogP contribution is 2.22. The zero-order chi connectivity index (χ0) is 18.0. The van der Waals surface area contributed by atoms with Crippen LogP contribution in [0.25, 0.3) is 0 Å². The van der Waals surface area contributed by atoms with Crippen molar-refractivity contribution in [3.63, 3.8) is 0 Å². The lowest BCUT2D eigenvalue weighted by Gasteiger charge is -2.17. The second kappa shape index (κ2) is 6.88. The number of benzene rings is 2. The Bertz CT molecular complexity index is 808. The Hall–Kier alpha value is -2.96. The summed E-state index contributed by atoms with van der Waals surface area (Å²) in [4.78, 5) is 26.2. The maximum absolute atomic E-state index is 13.7. The van der Waals surface area contributed by atoms with Crippen molar-refractivity contribution >= 4 is 17.5 Å². The molecule has 0 bridgehead atoms. The molecule has 1 aliphatic heterocycles. The fourth-order valence-electron chi connectivity index (χ4n) is 2.74. The summed E-state index contributed by atoms with van der Waals surface area (Å²) in [6.45, 7) is 0.409. The average Bonchev–Trinajstić information content (AvgIpc) is 2.96. The largest absolute Gasteiger partial charge is 0.494 e. The van der Waals surface area contributed by atoms with Crippen LogP contribution in [-0.2, 0) is 4.79 Å². The third-order valence-electron chi connectivity index (χ3n) is 4.06. The molecule has 0 spiro atoms. The fourth-order valence-corrected chi connectivity index (χ4v) is 2.74. The highest BCUT2D eigenvalue weighted by atomic mass is 19.1. The number of hydrogen-bond donors (Lipinski definition) is 1. The molecule has 0 aromatic heterocycles. The van der Waals surface area contributed by atoms with E-state index in [0.29, 0.717) is 18.7 Å². The molecule has 2 aromatic rings. The van der Waals surface area contributed by atoms with Gasteiger partial charge in [-0.15, -0.1) is 0 Å². The van der Waals surface area contributed by atoms with Crippen LogP contribution in [0.2, 0.25) is 0 Å². The second-order valence-electron chi connectivity index (χ2n) is 5.63. The maximum Gasteiger partial charge on any atom is 0.252 e. The number of methoxy groups -OCH3 is 1. The Balaban J connectivity index is 1.69. The van der Waals surface area contributed by atoms with Crippen molar-refractivity contribution in [2.24, 2.45) is 0 Å². The van der Waals surface area contributed by atoms with E-state index in [0.717, 1.165) is 6.07 Å². The van der Waals surface area contributed by atoms with Crippen LogP contribution in [0.1, 0.15) is 16.8 Å². The molecule has 1 heterocycles. The SMILES string of the molecule is COc1ccc(C(=O)N[C@H]2CCN(c3ccc(F)cc3)C2=O)cc1F. The third kappa shape index (κ3) is 3.45. The van der Waals surface area contributed by atoms with Gasteiger partial charge in [-0.1, -0.05) is 0 Å². The normalized spacial score (nSPS) is 16.8. The van der Waals surface area contributed by atoms with E-state index in [4.69, 9.17) is 4.74 Å². The smallest absolute Gasteiger partial charge is 0.252 e. The lowest BCUT2D eigenvalue weighted by Crippen LogP contribution is -2.41. The van der Waals surface area contributed by atoms with Gasteiger partial charge in [0.05, 0.1) is 7.11 Å². The van der Waals surface area contributed by atoms with Crippen molar-refractivity contribution in [2.45, 2.75) is 12.5 Å². The Labute approximate surface area is 143 Å². The zero-order valence-electron chi connectivity index (χ0n) is 13.5. The monoisotopic (exact) mass is 346 g/mol. The minimum Gasteiger partial charge on any atom is -0.494 e. The summed E-state index contributed by atoms with van der Waals surface area (Å²) < 4.78 is 31.5. The first-order valence-electron chi connectivity index (χ1n) is 7.71. The maximum atomic E-state index is 13.7. The molecule has 7 heteroatoms. The Morgan fingerprint density at radius 3 is 2.56 bits per heavy atom. The van der Waals surface area contributed by atoms with E-state index in [1.54, 1.807) is 0 Å². The molecule has 0 radical (unpaired) electrons. The second-order valence-corrected chi connectivity index (χ2v) is 5.63. The van der Waals surface area contributed by atoms with Crippen LogP contribution in [0, 0.1) is 11.6 Å². The molecule has 1 fully saturated rings. The van der Waals surface area contributed by atoms with Crippen LogP contribution in [0.3, 0.4) is 0 Å². The van der Waals surface area contributed by atoms with Crippen LogP contribution in [-0.4, -0.2) is 31.5 Å². The number of ether oxygens (including phenoxy) is 1. The summed E-state index contributed by atoms with van der Waals surface area (Å²) in [5, 5.41) is 2.61. The summed E-state index contributed by atoms with van der Waals surface area (Å²) in [6, 6.07) is 8.70. The first kappa shape index (κ1) is 16.9. The fraction of sp³-hybridized carbons (Fsp3) is 0.222. The minimum atomic E-state index is -0.706. The number of rotatable bonds is 4. The lowest BCUT2D eigenvalue weighted by atomic mass is 10.1. The molecule has 0 aliphatic carbocycles. The summed E-state index contributed by atoms with van der Waals surface area (Å²) in [7, 11) is 1.33. The van der Waals surface area contributed by atoms with Gasteiger partial charge in [-0.05, 0) is 48.9 Å². The molecule has 0 unspecified atom stereocenters. The predicted molar refractivity (Wildman–Crippen MR) is 87.6 cm³/mol. The average molecular weight is 346 g/mol. The van der Waals surface area contributed by atoms with Crippen molar-refractivity contribution < 1.29 is 23.1 Å². The van der Waals surface area contributed by atoms with Gasteiger partial charge >= 0.3 is 0 Å². The van der Waals surface area contributed by atoms with Gasteiger partial charge in [-0.2, -0.15) is 0 Å². The first-order valence-corrected chi connectivity index (χ1v) is 7.71. The molecule has 25 heavy (non-hydrogen) atoms. The quantitative estimate of drug-likeness (QED) is 0.925. The highest BCUT2D eigenvalue weighted by Gasteiger charge is 2.33. The number of nitrogens with zero attached hydrogens (tertiary/aromatic N) is 1. The van der Waals surface area contributed by atoms with Crippen molar-refractivity contribution in [3.05, 3.63) is 59.7 Å². The van der Waals surface area contributed by atoms with Crippen molar-refractivity contribution in [2.75, 3.05) is 18.6 Å². The van der Waals surface area contributed by atoms with Crippen LogP contribution < -0.4 is 15.0 Å². The van der Waals surface area contributed by atoms with Gasteiger partial charge in [0.1, 0.15) is 11.9 Å². The van der Waals surface area contributed by atoms with Crippen molar-refractivity contribution in [1.29, 1.82) is 0 Å². The molecule has 1 saturated heterocycles. The zero-order valence-corrected chi connectivity index (χ0v) is 13.5. The number of carbonyl (C=O) groups is 2. The van der Waals surface area contributed by atoms with E-state index in [9.17, 15) is 18.4 Å². The predicted octanol–water partition coefficient (Wildman–Crippen LogP) is 2.51. The van der Waals surface area contributed by atoms with Gasteiger partial charge in [0.25, 0.3) is 5.91 Å². The summed E-state index contributed by atoms with van der Waals surface area (Å²) in [5.74, 6) is -1.83. The number of amides is 2. The van der Waals surface area contributed by atoms with Crippen molar-refractivity contribution in [3.8, 4) is 5.75 Å². The van der Waals surface area contributed by atoms with Crippen LogP contribution in [0.4, 0.5) is 14.5 Å². The van der Waals surface area contributed by atoms with Crippen molar-refractivity contribution in [1.82, 2.24) is 5.32 Å². The standard InChI is InChI=1S/C18H16F2N2O3/c1-25-16-7-2-11(10-14(16)20)17(23)21-15-8-9-22(18(15)24)13-5-3-12(19)4-6-13/h2-7,10,15H,8-9H2,1H3,(H,21,23)/t15-/m0/s1. The number of anilines is 1. The van der Waals surface area contributed by atoms with Gasteiger partial charge < -0.3 is 15.0 Å².